The predicted octanol–water partition coefficient (Wildman–Crippen LogP) is 4.62. The Morgan fingerprint density at radius 1 is 1.00 bits per heavy atom. The van der Waals surface area contributed by atoms with Gasteiger partial charge in [0.25, 0.3) is 0 Å². The van der Waals surface area contributed by atoms with Crippen LogP contribution in [-0.2, 0) is 20.9 Å². The molecule has 1 fully saturated rings. The highest BCUT2D eigenvalue weighted by Gasteiger charge is 2.38. The lowest BCUT2D eigenvalue weighted by Crippen LogP contribution is -2.50. The number of benzene rings is 2. The van der Waals surface area contributed by atoms with Gasteiger partial charge < -0.3 is 20.1 Å². The van der Waals surface area contributed by atoms with Crippen LogP contribution in [0.3, 0.4) is 0 Å². The molecule has 1 unspecified atom stereocenters. The Labute approximate surface area is 207 Å². The fourth-order valence-corrected chi connectivity index (χ4v) is 5.40. The molecule has 1 heterocycles. The maximum Gasteiger partial charge on any atom is 0.407 e. The maximum absolute atomic E-state index is 13.3. The SMILES string of the molecule is O=C(O)CC(NC(=O)OCC1c2ccccc2-c2ccccc21)C(=O)N(Cc1cccs1)C1CC1. The number of carbonyl (C=O) groups is 3. The summed E-state index contributed by atoms with van der Waals surface area (Å²) >= 11 is 1.54. The molecule has 1 saturated carbocycles. The number of ether oxygens (including phenoxy) is 1. The number of alkyl carbamates (subject to hydrolysis) is 1. The fourth-order valence-electron chi connectivity index (χ4n) is 4.70. The van der Waals surface area contributed by atoms with Crippen molar-refractivity contribution in [1.29, 1.82) is 0 Å². The summed E-state index contributed by atoms with van der Waals surface area (Å²) in [5, 5.41) is 13.9. The molecule has 35 heavy (non-hydrogen) atoms. The number of aliphatic carboxylic acids is 1. The van der Waals surface area contributed by atoms with Crippen molar-refractivity contribution >= 4 is 29.3 Å². The van der Waals surface area contributed by atoms with Crippen LogP contribution in [0.25, 0.3) is 11.1 Å². The number of carbonyl (C=O) groups excluding carboxylic acids is 2. The van der Waals surface area contributed by atoms with Crippen LogP contribution >= 0.6 is 11.3 Å². The normalized spacial score (nSPS) is 15.1. The van der Waals surface area contributed by atoms with Crippen molar-refractivity contribution in [2.24, 2.45) is 0 Å². The Balaban J connectivity index is 1.27. The zero-order valence-corrected chi connectivity index (χ0v) is 19.9. The number of nitrogens with one attached hydrogen (secondary N) is 1. The molecule has 0 aliphatic heterocycles. The second kappa shape index (κ2) is 9.92. The van der Waals surface area contributed by atoms with Gasteiger partial charge in [0, 0.05) is 16.8 Å². The number of nitrogens with zero attached hydrogens (tertiary/aromatic N) is 1. The van der Waals surface area contributed by atoms with Gasteiger partial charge in [-0.2, -0.15) is 0 Å². The van der Waals surface area contributed by atoms with Gasteiger partial charge in [-0.05, 0) is 46.5 Å². The first kappa shape index (κ1) is 23.1. The molecule has 180 valence electrons. The van der Waals surface area contributed by atoms with Crippen LogP contribution in [0.5, 0.6) is 0 Å². The van der Waals surface area contributed by atoms with E-state index in [4.69, 9.17) is 4.74 Å². The Morgan fingerprint density at radius 3 is 2.23 bits per heavy atom. The molecule has 0 saturated heterocycles. The molecule has 1 aromatic heterocycles. The second-order valence-corrected chi connectivity index (χ2v) is 9.93. The lowest BCUT2D eigenvalue weighted by atomic mass is 9.98. The highest BCUT2D eigenvalue weighted by molar-refractivity contribution is 7.09. The highest BCUT2D eigenvalue weighted by Crippen LogP contribution is 2.44. The molecule has 0 radical (unpaired) electrons. The van der Waals surface area contributed by atoms with Gasteiger partial charge in [0.15, 0.2) is 0 Å². The lowest BCUT2D eigenvalue weighted by molar-refractivity contribution is -0.143. The van der Waals surface area contributed by atoms with Crippen molar-refractivity contribution in [3.05, 3.63) is 82.0 Å². The van der Waals surface area contributed by atoms with Crippen molar-refractivity contribution in [3.63, 3.8) is 0 Å². The van der Waals surface area contributed by atoms with E-state index in [1.54, 1.807) is 16.2 Å². The van der Waals surface area contributed by atoms with Crippen LogP contribution in [-0.4, -0.2) is 46.7 Å². The Bertz CT molecular complexity index is 1190. The van der Waals surface area contributed by atoms with Crippen LogP contribution in [0.15, 0.2) is 66.0 Å². The summed E-state index contributed by atoms with van der Waals surface area (Å²) in [5.74, 6) is -1.67. The number of amides is 2. The van der Waals surface area contributed by atoms with Crippen LogP contribution in [0, 0.1) is 0 Å². The van der Waals surface area contributed by atoms with Crippen LogP contribution < -0.4 is 5.32 Å². The summed E-state index contributed by atoms with van der Waals surface area (Å²) in [6.45, 7) is 0.499. The second-order valence-electron chi connectivity index (χ2n) is 8.90. The van der Waals surface area contributed by atoms with E-state index in [-0.39, 0.29) is 18.6 Å². The first-order chi connectivity index (χ1) is 17.0. The van der Waals surface area contributed by atoms with Crippen LogP contribution in [0.2, 0.25) is 0 Å². The molecule has 7 nitrogen and oxygen atoms in total. The van der Waals surface area contributed by atoms with Crippen LogP contribution in [0.4, 0.5) is 4.79 Å². The third kappa shape index (κ3) is 5.07. The Morgan fingerprint density at radius 2 is 1.66 bits per heavy atom. The summed E-state index contributed by atoms with van der Waals surface area (Å²) < 4.78 is 5.55. The first-order valence-corrected chi connectivity index (χ1v) is 12.6. The molecule has 3 aromatic rings. The minimum absolute atomic E-state index is 0.0743. The highest BCUT2D eigenvalue weighted by atomic mass is 32.1. The van der Waals surface area contributed by atoms with Crippen molar-refractivity contribution in [1.82, 2.24) is 10.2 Å². The summed E-state index contributed by atoms with van der Waals surface area (Å²) in [4.78, 5) is 40.3. The first-order valence-electron chi connectivity index (χ1n) is 11.7. The van der Waals surface area contributed by atoms with Gasteiger partial charge >= 0.3 is 12.1 Å². The summed E-state index contributed by atoms with van der Waals surface area (Å²) in [6, 6.07) is 18.8. The molecule has 5 rings (SSSR count). The molecular weight excluding hydrogens is 464 g/mol. The van der Waals surface area contributed by atoms with E-state index in [9.17, 15) is 19.5 Å². The molecule has 2 aromatic carbocycles. The van der Waals surface area contributed by atoms with Gasteiger partial charge in [0.2, 0.25) is 5.91 Å². The van der Waals surface area contributed by atoms with Gasteiger partial charge in [-0.25, -0.2) is 4.79 Å². The topological polar surface area (TPSA) is 95.9 Å². The molecule has 1 atom stereocenters. The number of rotatable bonds is 9. The van der Waals surface area contributed by atoms with Gasteiger partial charge in [0.05, 0.1) is 13.0 Å². The maximum atomic E-state index is 13.3. The molecule has 2 N–H and O–H groups in total. The average Bonchev–Trinajstić information content (AvgIpc) is 3.46. The van der Waals surface area contributed by atoms with Gasteiger partial charge in [-0.3, -0.25) is 9.59 Å². The summed E-state index contributed by atoms with van der Waals surface area (Å²) in [6.07, 6.45) is 0.457. The summed E-state index contributed by atoms with van der Waals surface area (Å²) in [5.41, 5.74) is 4.39. The molecule has 0 bridgehead atoms. The van der Waals surface area contributed by atoms with E-state index in [0.29, 0.717) is 6.54 Å². The largest absolute Gasteiger partial charge is 0.481 e. The van der Waals surface area contributed by atoms with E-state index in [0.717, 1.165) is 40.0 Å². The quantitative estimate of drug-likeness (QED) is 0.456. The van der Waals surface area contributed by atoms with E-state index in [1.165, 1.54) is 0 Å². The van der Waals surface area contributed by atoms with E-state index in [2.05, 4.69) is 17.4 Å². The van der Waals surface area contributed by atoms with Crippen LogP contribution in [0.1, 0.15) is 41.2 Å². The standard InChI is InChI=1S/C27H26N2O5S/c30-25(31)14-24(26(32)29(17-11-12-17)15-18-6-5-13-35-18)28-27(33)34-16-23-21-9-3-1-7-19(21)20-8-2-4-10-22(20)23/h1-10,13,17,23-24H,11-12,14-16H2,(H,28,33)(H,30,31). The zero-order chi connectivity index (χ0) is 24.4. The van der Waals surface area contributed by atoms with Gasteiger partial charge in [-0.1, -0.05) is 54.6 Å². The van der Waals surface area contributed by atoms with Gasteiger partial charge in [0.1, 0.15) is 12.6 Å². The molecule has 2 aliphatic rings. The summed E-state index contributed by atoms with van der Waals surface area (Å²) in [7, 11) is 0. The molecule has 8 heteroatoms. The zero-order valence-electron chi connectivity index (χ0n) is 19.1. The number of thiophene rings is 1. The van der Waals surface area contributed by atoms with E-state index >= 15 is 0 Å². The molecule has 2 aliphatic carbocycles. The fraction of sp³-hybridized carbons (Fsp3) is 0.296. The lowest BCUT2D eigenvalue weighted by Gasteiger charge is -2.27. The third-order valence-electron chi connectivity index (χ3n) is 6.49. The van der Waals surface area contributed by atoms with E-state index in [1.807, 2.05) is 53.9 Å². The smallest absolute Gasteiger partial charge is 0.407 e. The minimum atomic E-state index is -1.19. The molecule has 2 amide bonds. The number of fused-ring (bicyclic) bond motifs is 3. The predicted molar refractivity (Wildman–Crippen MR) is 132 cm³/mol. The number of carboxylic acid groups (broad SMARTS) is 1. The van der Waals surface area contributed by atoms with Gasteiger partial charge in [-0.15, -0.1) is 11.3 Å². The van der Waals surface area contributed by atoms with Crippen molar-refractivity contribution in [2.75, 3.05) is 6.61 Å². The van der Waals surface area contributed by atoms with Crippen molar-refractivity contribution in [2.45, 2.75) is 43.8 Å². The minimum Gasteiger partial charge on any atom is -0.481 e. The Kier molecular flexibility index (Phi) is 6.55. The molecule has 0 spiro atoms. The van der Waals surface area contributed by atoms with E-state index < -0.39 is 30.4 Å². The number of carboxylic acids is 1. The number of hydrogen-bond donors (Lipinski definition) is 2. The monoisotopic (exact) mass is 490 g/mol. The number of hydrogen-bond acceptors (Lipinski definition) is 5. The van der Waals surface area contributed by atoms with Crippen molar-refractivity contribution < 1.29 is 24.2 Å². The third-order valence-corrected chi connectivity index (χ3v) is 7.35. The van der Waals surface area contributed by atoms with Crippen molar-refractivity contribution in [3.8, 4) is 11.1 Å². The Hall–Kier alpha value is -3.65. The average molecular weight is 491 g/mol. The molecular formula is C27H26N2O5S.